The number of hydrogen-bond acceptors (Lipinski definition) is 2. The molecule has 0 radical (unpaired) electrons. The standard InChI is InChI=1S/C12H20BrN3O.ClH/c1-4-14-9(3)7-15-12(17)11-6-10(13)8-16(11)5-2;/h6,8-9,14H,4-5,7H2,1-3H3,(H,15,17);1H/t9-;/m1./s1. The largest absolute Gasteiger partial charge is 0.349 e. The zero-order valence-corrected chi connectivity index (χ0v) is 13.4. The van der Waals surface area contributed by atoms with Crippen molar-refractivity contribution >= 4 is 34.2 Å². The van der Waals surface area contributed by atoms with Gasteiger partial charge in [-0.1, -0.05) is 6.92 Å². The molecule has 1 aromatic heterocycles. The summed E-state index contributed by atoms with van der Waals surface area (Å²) in [5.74, 6) is -0.0256. The van der Waals surface area contributed by atoms with Gasteiger partial charge in [0, 0.05) is 29.8 Å². The average molecular weight is 339 g/mol. The Kier molecular flexibility index (Phi) is 8.31. The van der Waals surface area contributed by atoms with E-state index >= 15 is 0 Å². The summed E-state index contributed by atoms with van der Waals surface area (Å²) in [4.78, 5) is 12.0. The van der Waals surface area contributed by atoms with Crippen molar-refractivity contribution in [3.8, 4) is 0 Å². The summed E-state index contributed by atoms with van der Waals surface area (Å²) in [6.45, 7) is 8.46. The van der Waals surface area contributed by atoms with Crippen molar-refractivity contribution in [2.45, 2.75) is 33.4 Å². The van der Waals surface area contributed by atoms with Crippen LogP contribution in [0, 0.1) is 0 Å². The lowest BCUT2D eigenvalue weighted by atomic mass is 10.3. The van der Waals surface area contributed by atoms with Crippen molar-refractivity contribution in [1.82, 2.24) is 15.2 Å². The van der Waals surface area contributed by atoms with Crippen molar-refractivity contribution in [2.24, 2.45) is 0 Å². The number of aryl methyl sites for hydroxylation is 1. The first-order valence-corrected chi connectivity index (χ1v) is 6.75. The van der Waals surface area contributed by atoms with Crippen molar-refractivity contribution in [1.29, 1.82) is 0 Å². The monoisotopic (exact) mass is 337 g/mol. The van der Waals surface area contributed by atoms with Crippen LogP contribution in [0.5, 0.6) is 0 Å². The number of nitrogens with zero attached hydrogens (tertiary/aromatic N) is 1. The Morgan fingerprint density at radius 2 is 2.17 bits per heavy atom. The number of nitrogens with one attached hydrogen (secondary N) is 2. The van der Waals surface area contributed by atoms with Gasteiger partial charge >= 0.3 is 0 Å². The molecule has 0 fully saturated rings. The van der Waals surface area contributed by atoms with Gasteiger partial charge in [-0.05, 0) is 42.4 Å². The maximum atomic E-state index is 12.0. The predicted octanol–water partition coefficient (Wildman–Crippen LogP) is 2.42. The molecule has 1 aromatic rings. The van der Waals surface area contributed by atoms with Crippen LogP contribution < -0.4 is 10.6 Å². The minimum Gasteiger partial charge on any atom is -0.349 e. The molecule has 0 unspecified atom stereocenters. The molecule has 0 bridgehead atoms. The van der Waals surface area contributed by atoms with Crippen LogP contribution in [0.2, 0.25) is 0 Å². The Morgan fingerprint density at radius 3 is 2.72 bits per heavy atom. The molecule has 0 saturated carbocycles. The molecule has 1 heterocycles. The predicted molar refractivity (Wildman–Crippen MR) is 80.5 cm³/mol. The summed E-state index contributed by atoms with van der Waals surface area (Å²) in [6.07, 6.45) is 1.92. The first-order chi connectivity index (χ1) is 8.08. The van der Waals surface area contributed by atoms with Gasteiger partial charge in [0.2, 0.25) is 0 Å². The molecular weight excluding hydrogens is 318 g/mol. The summed E-state index contributed by atoms with van der Waals surface area (Å²) in [5.41, 5.74) is 0.697. The molecular formula is C12H21BrClN3O. The van der Waals surface area contributed by atoms with Gasteiger partial charge in [-0.25, -0.2) is 0 Å². The van der Waals surface area contributed by atoms with Gasteiger partial charge in [-0.3, -0.25) is 4.79 Å². The fraction of sp³-hybridized carbons (Fsp3) is 0.583. The number of amides is 1. The van der Waals surface area contributed by atoms with Crippen LogP contribution in [0.3, 0.4) is 0 Å². The smallest absolute Gasteiger partial charge is 0.267 e. The highest BCUT2D eigenvalue weighted by Gasteiger charge is 2.12. The van der Waals surface area contributed by atoms with Crippen LogP contribution in [0.1, 0.15) is 31.3 Å². The molecule has 0 aliphatic heterocycles. The Bertz CT molecular complexity index is 381. The minimum absolute atomic E-state index is 0. The lowest BCUT2D eigenvalue weighted by molar-refractivity contribution is 0.0941. The second-order valence-corrected chi connectivity index (χ2v) is 4.91. The van der Waals surface area contributed by atoms with Crippen LogP contribution >= 0.6 is 28.3 Å². The number of aromatic nitrogens is 1. The van der Waals surface area contributed by atoms with Crippen LogP contribution in [-0.2, 0) is 6.54 Å². The van der Waals surface area contributed by atoms with Crippen molar-refractivity contribution < 1.29 is 4.79 Å². The fourth-order valence-electron chi connectivity index (χ4n) is 1.68. The average Bonchev–Trinajstić information content (AvgIpc) is 2.68. The van der Waals surface area contributed by atoms with E-state index in [-0.39, 0.29) is 24.4 Å². The molecule has 0 spiro atoms. The Labute approximate surface area is 123 Å². The summed E-state index contributed by atoms with van der Waals surface area (Å²) in [5, 5.41) is 6.18. The van der Waals surface area contributed by atoms with E-state index in [1.165, 1.54) is 0 Å². The van der Waals surface area contributed by atoms with Crippen molar-refractivity contribution in [3.05, 3.63) is 22.4 Å². The molecule has 1 amide bonds. The molecule has 4 nitrogen and oxygen atoms in total. The lowest BCUT2D eigenvalue weighted by Gasteiger charge is -2.13. The lowest BCUT2D eigenvalue weighted by Crippen LogP contribution is -2.39. The van der Waals surface area contributed by atoms with Crippen LogP contribution in [0.4, 0.5) is 0 Å². The van der Waals surface area contributed by atoms with E-state index in [2.05, 4.69) is 40.4 Å². The normalized spacial score (nSPS) is 11.8. The maximum Gasteiger partial charge on any atom is 0.267 e. The third kappa shape index (κ3) is 5.00. The first kappa shape index (κ1) is 17.5. The molecule has 0 aliphatic carbocycles. The summed E-state index contributed by atoms with van der Waals surface area (Å²) >= 11 is 3.38. The van der Waals surface area contributed by atoms with Gasteiger partial charge < -0.3 is 15.2 Å². The van der Waals surface area contributed by atoms with Gasteiger partial charge in [0.15, 0.2) is 0 Å². The quantitative estimate of drug-likeness (QED) is 0.837. The topological polar surface area (TPSA) is 46.1 Å². The summed E-state index contributed by atoms with van der Waals surface area (Å²) in [6, 6.07) is 2.13. The highest BCUT2D eigenvalue weighted by molar-refractivity contribution is 9.10. The summed E-state index contributed by atoms with van der Waals surface area (Å²) < 4.78 is 2.86. The second-order valence-electron chi connectivity index (χ2n) is 4.00. The third-order valence-corrected chi connectivity index (χ3v) is 2.99. The highest BCUT2D eigenvalue weighted by atomic mass is 79.9. The molecule has 0 aromatic carbocycles. The van der Waals surface area contributed by atoms with E-state index in [1.807, 2.05) is 23.8 Å². The number of hydrogen-bond donors (Lipinski definition) is 2. The van der Waals surface area contributed by atoms with Crippen LogP contribution in [0.15, 0.2) is 16.7 Å². The molecule has 104 valence electrons. The molecule has 18 heavy (non-hydrogen) atoms. The molecule has 1 rings (SSSR count). The van der Waals surface area contributed by atoms with Gasteiger partial charge in [-0.15, -0.1) is 12.4 Å². The first-order valence-electron chi connectivity index (χ1n) is 5.95. The maximum absolute atomic E-state index is 12.0. The van der Waals surface area contributed by atoms with E-state index < -0.39 is 0 Å². The number of carbonyl (C=O) groups excluding carboxylic acids is 1. The van der Waals surface area contributed by atoms with E-state index in [1.54, 1.807) is 0 Å². The molecule has 0 saturated heterocycles. The van der Waals surface area contributed by atoms with E-state index in [4.69, 9.17) is 0 Å². The molecule has 1 atom stereocenters. The van der Waals surface area contributed by atoms with E-state index in [0.717, 1.165) is 17.6 Å². The summed E-state index contributed by atoms with van der Waals surface area (Å²) in [7, 11) is 0. The van der Waals surface area contributed by atoms with Crippen molar-refractivity contribution in [3.63, 3.8) is 0 Å². The Morgan fingerprint density at radius 1 is 1.50 bits per heavy atom. The number of halogens is 2. The van der Waals surface area contributed by atoms with E-state index in [0.29, 0.717) is 12.2 Å². The molecule has 2 N–H and O–H groups in total. The van der Waals surface area contributed by atoms with Gasteiger partial charge in [0.1, 0.15) is 5.69 Å². The van der Waals surface area contributed by atoms with Gasteiger partial charge in [0.05, 0.1) is 0 Å². The number of likely N-dealkylation sites (N-methyl/N-ethyl adjacent to an activating group) is 1. The minimum atomic E-state index is -0.0256. The molecule has 0 aliphatic rings. The van der Waals surface area contributed by atoms with Crippen LogP contribution in [-0.4, -0.2) is 29.6 Å². The van der Waals surface area contributed by atoms with Crippen molar-refractivity contribution in [2.75, 3.05) is 13.1 Å². The third-order valence-electron chi connectivity index (χ3n) is 2.56. The number of carbonyl (C=O) groups is 1. The highest BCUT2D eigenvalue weighted by Crippen LogP contribution is 2.14. The SMILES string of the molecule is CCN[C@H](C)CNC(=O)c1cc(Br)cn1CC.Cl. The Hall–Kier alpha value is -0.520. The second kappa shape index (κ2) is 8.56. The van der Waals surface area contributed by atoms with Gasteiger partial charge in [0.25, 0.3) is 5.91 Å². The zero-order chi connectivity index (χ0) is 12.8. The molecule has 6 heteroatoms. The Balaban J connectivity index is 0.00000289. The van der Waals surface area contributed by atoms with Crippen LogP contribution in [0.25, 0.3) is 0 Å². The fourth-order valence-corrected chi connectivity index (χ4v) is 2.15. The number of rotatable bonds is 6. The van der Waals surface area contributed by atoms with E-state index in [9.17, 15) is 4.79 Å². The zero-order valence-electron chi connectivity index (χ0n) is 11.0. The van der Waals surface area contributed by atoms with Gasteiger partial charge in [-0.2, -0.15) is 0 Å².